The van der Waals surface area contributed by atoms with Crippen molar-refractivity contribution in [3.63, 3.8) is 0 Å². The summed E-state index contributed by atoms with van der Waals surface area (Å²) in [6.07, 6.45) is 9.00. The Labute approximate surface area is 182 Å². The molecule has 0 radical (unpaired) electrons. The average molecular weight is 427 g/mol. The number of esters is 2. The molecule has 0 saturated heterocycles. The zero-order chi connectivity index (χ0) is 22.5. The van der Waals surface area contributed by atoms with E-state index in [2.05, 4.69) is 5.32 Å². The number of hydrogen-bond acceptors (Lipinski definition) is 6. The SMILES string of the molecule is CCOC(=O)N[C@@H]1CCC=C(C=CC(=O)O[C@H](C)C=CC(=O)OCc2ccccc2)C1. The normalized spacial score (nSPS) is 17.1. The van der Waals surface area contributed by atoms with E-state index in [1.54, 1.807) is 19.9 Å². The molecule has 166 valence electrons. The summed E-state index contributed by atoms with van der Waals surface area (Å²) in [5, 5.41) is 2.81. The zero-order valence-corrected chi connectivity index (χ0v) is 17.9. The molecule has 0 fully saturated rings. The van der Waals surface area contributed by atoms with E-state index in [-0.39, 0.29) is 12.6 Å². The Hall–Kier alpha value is -3.35. The number of amides is 1. The maximum absolute atomic E-state index is 12.0. The van der Waals surface area contributed by atoms with Gasteiger partial charge in [0.1, 0.15) is 12.7 Å². The van der Waals surface area contributed by atoms with Gasteiger partial charge < -0.3 is 19.5 Å². The maximum atomic E-state index is 12.0. The van der Waals surface area contributed by atoms with Crippen molar-refractivity contribution >= 4 is 18.0 Å². The van der Waals surface area contributed by atoms with E-state index in [0.717, 1.165) is 24.0 Å². The molecule has 0 aliphatic heterocycles. The molecule has 0 spiro atoms. The fourth-order valence-electron chi connectivity index (χ4n) is 2.97. The highest BCUT2D eigenvalue weighted by Gasteiger charge is 2.17. The van der Waals surface area contributed by atoms with E-state index in [9.17, 15) is 14.4 Å². The van der Waals surface area contributed by atoms with Crippen LogP contribution in [0.5, 0.6) is 0 Å². The predicted octanol–water partition coefficient (Wildman–Crippen LogP) is 4.00. The van der Waals surface area contributed by atoms with Gasteiger partial charge in [-0.1, -0.05) is 42.5 Å². The Morgan fingerprint density at radius 3 is 2.65 bits per heavy atom. The van der Waals surface area contributed by atoms with Gasteiger partial charge in [0, 0.05) is 18.2 Å². The molecule has 2 atom stereocenters. The molecule has 1 aromatic carbocycles. The number of carbonyl (C=O) groups excluding carboxylic acids is 3. The molecule has 0 aromatic heterocycles. The van der Waals surface area contributed by atoms with E-state index in [1.165, 1.54) is 18.2 Å². The van der Waals surface area contributed by atoms with Gasteiger partial charge in [-0.25, -0.2) is 14.4 Å². The Kier molecular flexibility index (Phi) is 10.1. The Morgan fingerprint density at radius 2 is 1.90 bits per heavy atom. The minimum atomic E-state index is -0.583. The van der Waals surface area contributed by atoms with E-state index >= 15 is 0 Å². The maximum Gasteiger partial charge on any atom is 0.407 e. The van der Waals surface area contributed by atoms with Crippen molar-refractivity contribution in [2.24, 2.45) is 0 Å². The van der Waals surface area contributed by atoms with Gasteiger partial charge in [0.05, 0.1) is 6.61 Å². The summed E-state index contributed by atoms with van der Waals surface area (Å²) in [6.45, 7) is 3.92. The quantitative estimate of drug-likeness (QED) is 0.364. The highest BCUT2D eigenvalue weighted by Crippen LogP contribution is 2.19. The molecule has 0 heterocycles. The lowest BCUT2D eigenvalue weighted by molar-refractivity contribution is -0.141. The van der Waals surface area contributed by atoms with Crippen LogP contribution in [0.25, 0.3) is 0 Å². The molecule has 1 amide bonds. The third-order valence-electron chi connectivity index (χ3n) is 4.46. The van der Waals surface area contributed by atoms with Crippen molar-refractivity contribution in [1.82, 2.24) is 5.32 Å². The Morgan fingerprint density at radius 1 is 1.13 bits per heavy atom. The lowest BCUT2D eigenvalue weighted by atomic mass is 9.94. The van der Waals surface area contributed by atoms with Crippen molar-refractivity contribution in [3.05, 3.63) is 71.8 Å². The minimum absolute atomic E-state index is 0.0246. The number of rotatable bonds is 9. The number of alkyl carbamates (subject to hydrolysis) is 1. The number of ether oxygens (including phenoxy) is 3. The van der Waals surface area contributed by atoms with E-state index in [1.807, 2.05) is 36.4 Å². The van der Waals surface area contributed by atoms with Crippen LogP contribution in [0.4, 0.5) is 4.79 Å². The number of benzene rings is 1. The standard InChI is InChI=1S/C24H29NO6/c1-3-29-24(28)25-21-11-7-10-19(16-21)13-15-23(27)31-18(2)12-14-22(26)30-17-20-8-5-4-6-9-20/h4-6,8-10,12-15,18,21H,3,7,11,16-17H2,1-2H3,(H,25,28)/t18-,21-/m1/s1. The second-order valence-electron chi connectivity index (χ2n) is 7.05. The smallest absolute Gasteiger partial charge is 0.407 e. The van der Waals surface area contributed by atoms with Crippen LogP contribution in [0.1, 0.15) is 38.7 Å². The van der Waals surface area contributed by atoms with Crippen LogP contribution in [0, 0.1) is 0 Å². The molecule has 2 rings (SSSR count). The van der Waals surface area contributed by atoms with Gasteiger partial charge in [-0.05, 0) is 50.3 Å². The highest BCUT2D eigenvalue weighted by molar-refractivity contribution is 5.83. The molecule has 31 heavy (non-hydrogen) atoms. The first-order chi connectivity index (χ1) is 15.0. The van der Waals surface area contributed by atoms with Crippen molar-refractivity contribution in [2.75, 3.05) is 6.61 Å². The number of carbonyl (C=O) groups is 3. The summed E-state index contributed by atoms with van der Waals surface area (Å²) < 4.78 is 15.3. The number of allylic oxidation sites excluding steroid dienone is 2. The summed E-state index contributed by atoms with van der Waals surface area (Å²) >= 11 is 0. The fraction of sp³-hybridized carbons (Fsp3) is 0.375. The van der Waals surface area contributed by atoms with Gasteiger partial charge in [-0.2, -0.15) is 0 Å². The van der Waals surface area contributed by atoms with E-state index in [0.29, 0.717) is 13.0 Å². The average Bonchev–Trinajstić information content (AvgIpc) is 2.76. The fourth-order valence-corrected chi connectivity index (χ4v) is 2.97. The van der Waals surface area contributed by atoms with Crippen molar-refractivity contribution < 1.29 is 28.6 Å². The molecule has 1 aliphatic rings. The van der Waals surface area contributed by atoms with Crippen LogP contribution >= 0.6 is 0 Å². The van der Waals surface area contributed by atoms with Crippen LogP contribution in [-0.2, 0) is 30.4 Å². The van der Waals surface area contributed by atoms with Crippen LogP contribution in [-0.4, -0.2) is 36.8 Å². The summed E-state index contributed by atoms with van der Waals surface area (Å²) in [5.74, 6) is -1.02. The van der Waals surface area contributed by atoms with Gasteiger partial charge in [0.2, 0.25) is 0 Å². The molecule has 7 nitrogen and oxygen atoms in total. The van der Waals surface area contributed by atoms with E-state index < -0.39 is 24.1 Å². The van der Waals surface area contributed by atoms with Gasteiger partial charge in [-0.3, -0.25) is 0 Å². The van der Waals surface area contributed by atoms with Crippen molar-refractivity contribution in [2.45, 2.75) is 51.9 Å². The number of nitrogens with one attached hydrogen (secondary N) is 1. The molecule has 0 unspecified atom stereocenters. The molecule has 1 aliphatic carbocycles. The van der Waals surface area contributed by atoms with E-state index in [4.69, 9.17) is 14.2 Å². The van der Waals surface area contributed by atoms with Crippen LogP contribution in [0.15, 0.2) is 66.3 Å². The second kappa shape index (κ2) is 13.1. The van der Waals surface area contributed by atoms with Gasteiger partial charge in [0.15, 0.2) is 0 Å². The lowest BCUT2D eigenvalue weighted by Gasteiger charge is -2.22. The third kappa shape index (κ3) is 9.80. The van der Waals surface area contributed by atoms with Gasteiger partial charge in [-0.15, -0.1) is 0 Å². The first kappa shape index (κ1) is 23.9. The minimum Gasteiger partial charge on any atom is -0.458 e. The summed E-state index contributed by atoms with van der Waals surface area (Å²) in [6, 6.07) is 9.33. The van der Waals surface area contributed by atoms with Crippen molar-refractivity contribution in [3.8, 4) is 0 Å². The molecule has 1 aromatic rings. The molecular formula is C24H29NO6. The first-order valence-electron chi connectivity index (χ1n) is 10.4. The zero-order valence-electron chi connectivity index (χ0n) is 17.9. The van der Waals surface area contributed by atoms with Gasteiger partial charge in [0.25, 0.3) is 0 Å². The Bertz CT molecular complexity index is 828. The van der Waals surface area contributed by atoms with Crippen LogP contribution < -0.4 is 5.32 Å². The molecule has 0 saturated carbocycles. The Balaban J connectivity index is 1.72. The molecule has 1 N–H and O–H groups in total. The third-order valence-corrected chi connectivity index (χ3v) is 4.46. The van der Waals surface area contributed by atoms with Gasteiger partial charge >= 0.3 is 18.0 Å². The predicted molar refractivity (Wildman–Crippen MR) is 116 cm³/mol. The number of hydrogen-bond donors (Lipinski definition) is 1. The van der Waals surface area contributed by atoms with Crippen LogP contribution in [0.2, 0.25) is 0 Å². The highest BCUT2D eigenvalue weighted by atomic mass is 16.6. The largest absolute Gasteiger partial charge is 0.458 e. The van der Waals surface area contributed by atoms with Crippen LogP contribution in [0.3, 0.4) is 0 Å². The molecular weight excluding hydrogens is 398 g/mol. The summed E-state index contributed by atoms with van der Waals surface area (Å²) in [5.41, 5.74) is 1.84. The van der Waals surface area contributed by atoms with Crippen molar-refractivity contribution in [1.29, 1.82) is 0 Å². The monoisotopic (exact) mass is 427 g/mol. The molecule has 0 bridgehead atoms. The second-order valence-corrected chi connectivity index (χ2v) is 7.05. The first-order valence-corrected chi connectivity index (χ1v) is 10.4. The summed E-state index contributed by atoms with van der Waals surface area (Å²) in [4.78, 5) is 35.3. The lowest BCUT2D eigenvalue weighted by Crippen LogP contribution is -2.36. The summed E-state index contributed by atoms with van der Waals surface area (Å²) in [7, 11) is 0. The topological polar surface area (TPSA) is 90.9 Å². The molecule has 7 heteroatoms.